The van der Waals surface area contributed by atoms with Gasteiger partial charge in [-0.2, -0.15) is 0 Å². The maximum atomic E-state index is 13.4. The number of hydrogen-bond acceptors (Lipinski definition) is 6. The van der Waals surface area contributed by atoms with Crippen LogP contribution in [-0.4, -0.2) is 48.1 Å². The molecule has 0 spiro atoms. The van der Waals surface area contributed by atoms with Gasteiger partial charge in [0.2, 0.25) is 17.6 Å². The van der Waals surface area contributed by atoms with Gasteiger partial charge >= 0.3 is 6.09 Å². The van der Waals surface area contributed by atoms with E-state index in [0.29, 0.717) is 12.8 Å². The zero-order valence-electron chi connectivity index (χ0n) is 23.0. The van der Waals surface area contributed by atoms with Crippen molar-refractivity contribution in [3.05, 3.63) is 71.8 Å². The van der Waals surface area contributed by atoms with Gasteiger partial charge in [0.05, 0.1) is 6.04 Å². The van der Waals surface area contributed by atoms with E-state index in [9.17, 15) is 24.0 Å². The highest BCUT2D eigenvalue weighted by Crippen LogP contribution is 2.14. The molecule has 0 aliphatic heterocycles. The molecule has 9 nitrogen and oxygen atoms in total. The molecule has 0 aliphatic carbocycles. The molecule has 0 fully saturated rings. The van der Waals surface area contributed by atoms with Crippen molar-refractivity contribution in [3.63, 3.8) is 0 Å². The minimum Gasteiger partial charge on any atom is -0.445 e. The minimum atomic E-state index is -1.07. The van der Waals surface area contributed by atoms with Gasteiger partial charge in [-0.1, -0.05) is 101 Å². The predicted octanol–water partition coefficient (Wildman–Crippen LogP) is 3.35. The van der Waals surface area contributed by atoms with Gasteiger partial charge in [-0.3, -0.25) is 19.2 Å². The summed E-state index contributed by atoms with van der Waals surface area (Å²) in [5, 5.41) is 8.05. The van der Waals surface area contributed by atoms with Gasteiger partial charge in [-0.05, 0) is 23.0 Å². The molecule has 3 amide bonds. The third-order valence-electron chi connectivity index (χ3n) is 6.83. The molecule has 0 aromatic heterocycles. The van der Waals surface area contributed by atoms with Crippen molar-refractivity contribution in [1.29, 1.82) is 0 Å². The summed E-state index contributed by atoms with van der Waals surface area (Å²) < 4.78 is 5.29. The van der Waals surface area contributed by atoms with Crippen LogP contribution in [0.1, 0.15) is 51.7 Å². The number of carbonyl (C=O) groups is 5. The monoisotopic (exact) mass is 537 g/mol. The highest BCUT2D eigenvalue weighted by molar-refractivity contribution is 6.28. The first kappa shape index (κ1) is 31.2. The van der Waals surface area contributed by atoms with E-state index in [0.717, 1.165) is 11.1 Å². The van der Waals surface area contributed by atoms with E-state index < -0.39 is 41.8 Å². The molecular formula is C30H39N3O6. The Morgan fingerprint density at radius 2 is 1.23 bits per heavy atom. The molecule has 3 N–H and O–H groups in total. The first-order chi connectivity index (χ1) is 18.7. The molecule has 0 saturated heterocycles. The number of aldehydes is 1. The first-order valence-electron chi connectivity index (χ1n) is 13.3. The fraction of sp³-hybridized carbons (Fsp3) is 0.433. The summed E-state index contributed by atoms with van der Waals surface area (Å²) >= 11 is 0. The van der Waals surface area contributed by atoms with Crippen molar-refractivity contribution < 1.29 is 28.7 Å². The van der Waals surface area contributed by atoms with Crippen molar-refractivity contribution in [2.75, 3.05) is 0 Å². The van der Waals surface area contributed by atoms with Gasteiger partial charge in [0.25, 0.3) is 0 Å². The number of nitrogens with one attached hydrogen (secondary N) is 3. The fourth-order valence-electron chi connectivity index (χ4n) is 3.95. The number of ether oxygens (including phenoxy) is 1. The number of benzene rings is 2. The lowest BCUT2D eigenvalue weighted by atomic mass is 9.94. The van der Waals surface area contributed by atoms with Crippen molar-refractivity contribution >= 4 is 30.0 Å². The van der Waals surface area contributed by atoms with Crippen LogP contribution in [0, 0.1) is 11.8 Å². The molecule has 0 bridgehead atoms. The average Bonchev–Trinajstić information content (AvgIpc) is 2.96. The van der Waals surface area contributed by atoms with Crippen LogP contribution in [0.3, 0.4) is 0 Å². The van der Waals surface area contributed by atoms with Crippen LogP contribution >= 0.6 is 0 Å². The molecule has 0 unspecified atom stereocenters. The van der Waals surface area contributed by atoms with Crippen LogP contribution in [0.15, 0.2) is 60.7 Å². The van der Waals surface area contributed by atoms with Crippen molar-refractivity contribution in [2.24, 2.45) is 11.8 Å². The van der Waals surface area contributed by atoms with Crippen LogP contribution in [0.25, 0.3) is 0 Å². The Morgan fingerprint density at radius 1 is 0.744 bits per heavy atom. The highest BCUT2D eigenvalue weighted by Gasteiger charge is 2.34. The molecule has 9 heteroatoms. The summed E-state index contributed by atoms with van der Waals surface area (Å²) in [7, 11) is 0. The maximum absolute atomic E-state index is 13.4. The summed E-state index contributed by atoms with van der Waals surface area (Å²) in [6.07, 6.45) is 0.724. The summed E-state index contributed by atoms with van der Waals surface area (Å²) in [5.41, 5.74) is 1.58. The molecule has 0 radical (unpaired) electrons. The second kappa shape index (κ2) is 16.1. The minimum absolute atomic E-state index is 0.0486. The normalized spacial score (nSPS) is 14.6. The van der Waals surface area contributed by atoms with Gasteiger partial charge in [-0.25, -0.2) is 4.79 Å². The Morgan fingerprint density at radius 3 is 1.74 bits per heavy atom. The standard InChI is InChI=1S/C30H39N3O6/c1-5-20(3)26(28(36)31-24(25(35)18-34)17-22-13-9-7-10-14-22)32-29(37)27(21(4)6-2)33-30(38)39-19-23-15-11-8-12-16-23/h7-16,18,20-21,24,26-27H,5-6,17,19H2,1-4H3,(H,31,36)(H,32,37)(H,33,38)/t20-,21-,24-,26-,27-/m0/s1. The molecule has 2 aromatic rings. The number of amides is 3. The van der Waals surface area contributed by atoms with Gasteiger partial charge in [0, 0.05) is 6.42 Å². The SMILES string of the molecule is CC[C@H](C)[C@H](NC(=O)OCc1ccccc1)C(=O)N[C@H](C(=O)N[C@@H](Cc1ccccc1)C(=O)C=O)[C@@H](C)CC. The van der Waals surface area contributed by atoms with E-state index >= 15 is 0 Å². The number of hydrogen-bond donors (Lipinski definition) is 3. The molecule has 0 heterocycles. The van der Waals surface area contributed by atoms with Crippen molar-refractivity contribution in [2.45, 2.75) is 71.7 Å². The number of alkyl carbamates (subject to hydrolysis) is 1. The van der Waals surface area contributed by atoms with Gasteiger partial charge < -0.3 is 20.7 Å². The lowest BCUT2D eigenvalue weighted by Gasteiger charge is -2.29. The Balaban J connectivity index is 2.14. The van der Waals surface area contributed by atoms with Crippen LogP contribution in [0.2, 0.25) is 0 Å². The molecular weight excluding hydrogens is 498 g/mol. The van der Waals surface area contributed by atoms with Gasteiger partial charge in [-0.15, -0.1) is 0 Å². The van der Waals surface area contributed by atoms with Gasteiger partial charge in [0.1, 0.15) is 18.7 Å². The Hall–Kier alpha value is -4.01. The topological polar surface area (TPSA) is 131 Å². The molecule has 5 atom stereocenters. The van der Waals surface area contributed by atoms with E-state index in [1.54, 1.807) is 31.2 Å². The predicted molar refractivity (Wildman–Crippen MR) is 148 cm³/mol. The van der Waals surface area contributed by atoms with Crippen LogP contribution < -0.4 is 16.0 Å². The van der Waals surface area contributed by atoms with Crippen LogP contribution in [0.5, 0.6) is 0 Å². The second-order valence-electron chi connectivity index (χ2n) is 9.71. The number of carbonyl (C=O) groups excluding carboxylic acids is 5. The quantitative estimate of drug-likeness (QED) is 0.236. The number of Topliss-reactive ketones (excluding diaryl/α,β-unsaturated/α-hetero) is 1. The zero-order chi connectivity index (χ0) is 28.8. The first-order valence-corrected chi connectivity index (χ1v) is 13.3. The lowest BCUT2D eigenvalue weighted by Crippen LogP contribution is -2.59. The van der Waals surface area contributed by atoms with E-state index in [4.69, 9.17) is 4.74 Å². The Labute approximate surface area is 230 Å². The van der Waals surface area contributed by atoms with Crippen LogP contribution in [0.4, 0.5) is 4.79 Å². The molecule has 0 saturated carbocycles. The Bertz CT molecular complexity index is 1090. The molecule has 2 rings (SSSR count). The average molecular weight is 538 g/mol. The van der Waals surface area contributed by atoms with E-state index in [1.807, 2.05) is 57.2 Å². The third kappa shape index (κ3) is 10.00. The van der Waals surface area contributed by atoms with E-state index in [-0.39, 0.29) is 31.1 Å². The number of rotatable bonds is 15. The third-order valence-corrected chi connectivity index (χ3v) is 6.83. The van der Waals surface area contributed by atoms with Crippen molar-refractivity contribution in [1.82, 2.24) is 16.0 Å². The Kier molecular flexibility index (Phi) is 12.9. The molecule has 2 aromatic carbocycles. The summed E-state index contributed by atoms with van der Waals surface area (Å²) in [5.74, 6) is -2.43. The van der Waals surface area contributed by atoms with Crippen LogP contribution in [-0.2, 0) is 36.9 Å². The second-order valence-corrected chi connectivity index (χ2v) is 9.71. The van der Waals surface area contributed by atoms with Gasteiger partial charge in [0.15, 0.2) is 6.29 Å². The smallest absolute Gasteiger partial charge is 0.408 e. The summed E-state index contributed by atoms with van der Waals surface area (Å²) in [4.78, 5) is 62.8. The van der Waals surface area contributed by atoms with E-state index in [1.165, 1.54) is 0 Å². The molecule has 210 valence electrons. The largest absolute Gasteiger partial charge is 0.445 e. The summed E-state index contributed by atoms with van der Waals surface area (Å²) in [6, 6.07) is 15.2. The fourth-order valence-corrected chi connectivity index (χ4v) is 3.95. The van der Waals surface area contributed by atoms with E-state index in [2.05, 4.69) is 16.0 Å². The molecule has 0 aliphatic rings. The molecule has 39 heavy (non-hydrogen) atoms. The zero-order valence-corrected chi connectivity index (χ0v) is 23.0. The number of ketones is 1. The highest BCUT2D eigenvalue weighted by atomic mass is 16.5. The van der Waals surface area contributed by atoms with Crippen molar-refractivity contribution in [3.8, 4) is 0 Å². The lowest BCUT2D eigenvalue weighted by molar-refractivity contribution is -0.135. The summed E-state index contributed by atoms with van der Waals surface area (Å²) in [6.45, 7) is 7.43. The maximum Gasteiger partial charge on any atom is 0.408 e.